The summed E-state index contributed by atoms with van der Waals surface area (Å²) in [6, 6.07) is 10.0. The molecule has 0 amide bonds. The Balaban J connectivity index is 2.22. The Labute approximate surface area is 101 Å². The van der Waals surface area contributed by atoms with Gasteiger partial charge in [-0.25, -0.2) is 0 Å². The summed E-state index contributed by atoms with van der Waals surface area (Å²) in [5.41, 5.74) is 0.293. The first-order chi connectivity index (χ1) is 7.64. The van der Waals surface area contributed by atoms with Crippen molar-refractivity contribution in [3.05, 3.63) is 42.5 Å². The van der Waals surface area contributed by atoms with Crippen LogP contribution >= 0.6 is 8.69 Å². The molecule has 0 aliphatic rings. The highest BCUT2D eigenvalue weighted by atomic mass is 31.1. The first-order valence-corrected chi connectivity index (χ1v) is 6.84. The molecule has 1 aromatic carbocycles. The van der Waals surface area contributed by atoms with Crippen LogP contribution in [0.25, 0.3) is 0 Å². The van der Waals surface area contributed by atoms with Crippen molar-refractivity contribution in [2.75, 3.05) is 0 Å². The molecule has 0 saturated heterocycles. The number of para-hydroxylation sites is 1. The summed E-state index contributed by atoms with van der Waals surface area (Å²) in [6.07, 6.45) is 5.56. The maximum atomic E-state index is 5.68. The van der Waals surface area contributed by atoms with Crippen molar-refractivity contribution >= 4 is 15.7 Å². The molecule has 3 heteroatoms. The number of benzene rings is 1. The van der Waals surface area contributed by atoms with Gasteiger partial charge < -0.3 is 4.52 Å². The van der Waals surface area contributed by atoms with E-state index in [0.29, 0.717) is 14.1 Å². The molecule has 0 saturated carbocycles. The van der Waals surface area contributed by atoms with E-state index in [1.54, 1.807) is 0 Å². The van der Waals surface area contributed by atoms with E-state index in [2.05, 4.69) is 32.9 Å². The summed E-state index contributed by atoms with van der Waals surface area (Å²) in [6.45, 7) is 7.72. The second-order valence-electron chi connectivity index (χ2n) is 4.55. The minimum Gasteiger partial charge on any atom is -0.487 e. The molecule has 1 atom stereocenters. The van der Waals surface area contributed by atoms with Gasteiger partial charge in [0.25, 0.3) is 0 Å². The van der Waals surface area contributed by atoms with Crippen LogP contribution in [0, 0.1) is 5.41 Å². The molecule has 0 fully saturated rings. The Morgan fingerprint density at radius 3 is 2.62 bits per heavy atom. The third-order valence-corrected chi connectivity index (χ3v) is 3.26. The van der Waals surface area contributed by atoms with Crippen LogP contribution in [-0.4, -0.2) is 7.00 Å². The average Bonchev–Trinajstić information content (AvgIpc) is 2.26. The summed E-state index contributed by atoms with van der Waals surface area (Å²) in [7, 11) is 0.554. The van der Waals surface area contributed by atoms with Gasteiger partial charge in [-0.3, -0.25) is 0 Å². The number of allylic oxidation sites excluding steroid dienone is 2. The zero-order chi connectivity index (χ0) is 11.9. The summed E-state index contributed by atoms with van der Waals surface area (Å²) in [5.74, 6) is 0.977. The monoisotopic (exact) mass is 234 g/mol. The quantitative estimate of drug-likeness (QED) is 0.312. The van der Waals surface area contributed by atoms with Crippen LogP contribution in [0.4, 0.5) is 0 Å². The van der Waals surface area contributed by atoms with E-state index in [4.69, 9.17) is 4.52 Å². The van der Waals surface area contributed by atoms with Gasteiger partial charge in [-0.1, -0.05) is 50.5 Å². The first-order valence-electron chi connectivity index (χ1n) is 5.73. The van der Waals surface area contributed by atoms with Gasteiger partial charge in [-0.15, -0.1) is 0 Å². The van der Waals surface area contributed by atoms with Gasteiger partial charge in [0.05, 0.1) is 0 Å². The molecule has 86 valence electrons. The van der Waals surface area contributed by atoms with Crippen LogP contribution < -0.4 is 4.52 Å². The third-order valence-electron chi connectivity index (χ3n) is 2.42. The molecule has 16 heavy (non-hydrogen) atoms. The van der Waals surface area contributed by atoms with Crippen molar-refractivity contribution in [3.63, 3.8) is 0 Å². The van der Waals surface area contributed by atoms with Gasteiger partial charge in [-0.05, 0) is 24.5 Å². The maximum Gasteiger partial charge on any atom is 0.200 e. The Kier molecular flexibility index (Phi) is 5.62. The normalized spacial score (nSPS) is 12.4. The van der Waals surface area contributed by atoms with Gasteiger partial charge in [0, 0.05) is 8.69 Å². The van der Waals surface area contributed by atoms with Crippen molar-refractivity contribution in [2.24, 2.45) is 5.41 Å². The van der Waals surface area contributed by atoms with E-state index < -0.39 is 0 Å². The van der Waals surface area contributed by atoms with E-state index in [-0.39, 0.29) is 0 Å². The highest BCUT2D eigenvalue weighted by Gasteiger charge is 2.13. The lowest BCUT2D eigenvalue weighted by molar-refractivity contribution is 0.541. The predicted molar refractivity (Wildman–Crippen MR) is 75.9 cm³/mol. The molecule has 0 heterocycles. The average molecular weight is 234 g/mol. The highest BCUT2D eigenvalue weighted by Crippen LogP contribution is 2.27. The van der Waals surface area contributed by atoms with E-state index in [0.717, 1.165) is 12.7 Å². The van der Waals surface area contributed by atoms with Gasteiger partial charge in [0.2, 0.25) is 0 Å². The lowest BCUT2D eigenvalue weighted by Gasteiger charge is -2.19. The van der Waals surface area contributed by atoms with Crippen LogP contribution in [0.1, 0.15) is 20.8 Å². The molecule has 0 N–H and O–H groups in total. The van der Waals surface area contributed by atoms with Gasteiger partial charge in [0.15, 0.2) is 7.00 Å². The zero-order valence-electron chi connectivity index (χ0n) is 10.4. The van der Waals surface area contributed by atoms with Gasteiger partial charge in [0.1, 0.15) is 5.75 Å². The topological polar surface area (TPSA) is 9.23 Å². The molecule has 0 spiro atoms. The van der Waals surface area contributed by atoms with E-state index >= 15 is 0 Å². The van der Waals surface area contributed by atoms with Crippen LogP contribution in [-0.2, 0) is 0 Å². The second-order valence-corrected chi connectivity index (χ2v) is 5.54. The minimum absolute atomic E-state index is 0.293. The molecule has 1 aromatic rings. The third kappa shape index (κ3) is 5.37. The summed E-state index contributed by atoms with van der Waals surface area (Å²) >= 11 is 0. The minimum atomic E-state index is 0.293. The highest BCUT2D eigenvalue weighted by molar-refractivity contribution is 7.67. The fourth-order valence-corrected chi connectivity index (χ4v) is 2.68. The Morgan fingerprint density at radius 1 is 1.31 bits per heavy atom. The van der Waals surface area contributed by atoms with Crippen molar-refractivity contribution in [1.82, 2.24) is 0 Å². The van der Waals surface area contributed by atoms with E-state index in [9.17, 15) is 0 Å². The van der Waals surface area contributed by atoms with Crippen molar-refractivity contribution in [3.8, 4) is 5.75 Å². The maximum absolute atomic E-state index is 5.68. The molecule has 1 nitrogen and oxygen atoms in total. The molecular weight excluding hydrogens is 214 g/mol. The summed E-state index contributed by atoms with van der Waals surface area (Å²) < 4.78 is 5.68. The van der Waals surface area contributed by atoms with Crippen LogP contribution in [0.2, 0.25) is 6.32 Å². The SMILES string of the molecule is C/C=C\C(C)(C)CBPOc1ccccc1. The Hall–Kier alpha value is -0.745. The standard InChI is InChI=1S/C13H20BOP/c1-4-10-13(2,3)11-14-16-15-12-8-6-5-7-9-12/h4-10,14,16H,11H2,1-3H3/b10-4-. The van der Waals surface area contributed by atoms with Crippen molar-refractivity contribution in [1.29, 1.82) is 0 Å². The Bertz CT molecular complexity index is 322. The molecule has 0 bridgehead atoms. The predicted octanol–water partition coefficient (Wildman–Crippen LogP) is 4.03. The van der Waals surface area contributed by atoms with E-state index in [1.165, 1.54) is 6.32 Å². The Morgan fingerprint density at radius 2 is 2.00 bits per heavy atom. The van der Waals surface area contributed by atoms with Crippen molar-refractivity contribution < 1.29 is 4.52 Å². The summed E-state index contributed by atoms with van der Waals surface area (Å²) in [4.78, 5) is 0. The zero-order valence-corrected chi connectivity index (χ0v) is 11.4. The molecule has 0 aliphatic carbocycles. The van der Waals surface area contributed by atoms with Gasteiger partial charge >= 0.3 is 0 Å². The number of hydrogen-bond acceptors (Lipinski definition) is 1. The second kappa shape index (κ2) is 6.76. The van der Waals surface area contributed by atoms with Crippen LogP contribution in [0.3, 0.4) is 0 Å². The lowest BCUT2D eigenvalue weighted by Crippen LogP contribution is -2.08. The fraction of sp³-hybridized carbons (Fsp3) is 0.385. The van der Waals surface area contributed by atoms with Gasteiger partial charge in [-0.2, -0.15) is 0 Å². The smallest absolute Gasteiger partial charge is 0.200 e. The first kappa shape index (κ1) is 13.3. The largest absolute Gasteiger partial charge is 0.487 e. The number of hydrogen-bond donors (Lipinski definition) is 0. The van der Waals surface area contributed by atoms with E-state index in [1.807, 2.05) is 30.3 Å². The molecule has 1 rings (SSSR count). The molecule has 0 aliphatic heterocycles. The molecule has 0 radical (unpaired) electrons. The molecular formula is C13H20BOP. The lowest BCUT2D eigenvalue weighted by atomic mass is 9.78. The van der Waals surface area contributed by atoms with Crippen molar-refractivity contribution in [2.45, 2.75) is 27.1 Å². The fourth-order valence-electron chi connectivity index (χ4n) is 1.53. The van der Waals surface area contributed by atoms with Crippen LogP contribution in [0.5, 0.6) is 5.75 Å². The summed E-state index contributed by atoms with van der Waals surface area (Å²) in [5, 5.41) is 0. The molecule has 1 unspecified atom stereocenters. The number of rotatable bonds is 6. The van der Waals surface area contributed by atoms with Crippen LogP contribution in [0.15, 0.2) is 42.5 Å². The molecule has 0 aromatic heterocycles.